The smallest absolute Gasteiger partial charge is 0.545 e. The summed E-state index contributed by atoms with van der Waals surface area (Å²) >= 11 is 0. The molecule has 0 aliphatic rings. The number of hydrogen-bond donors (Lipinski definition) is 1. The van der Waals surface area contributed by atoms with Crippen molar-refractivity contribution in [3.05, 3.63) is 77.7 Å². The Balaban J connectivity index is 0.00000289. The number of benzene rings is 1. The molecule has 10 heteroatoms. The zero-order valence-corrected chi connectivity index (χ0v) is 17.6. The zero-order valence-electron chi connectivity index (χ0n) is 17.6. The van der Waals surface area contributed by atoms with Crippen LogP contribution in [0.4, 0.5) is 5.82 Å². The number of nitrogens with one attached hydrogen (secondary N) is 1. The van der Waals surface area contributed by atoms with E-state index in [0.29, 0.717) is 35.0 Å². The Hall–Kier alpha value is -3.51. The molecule has 4 aromatic rings. The predicted molar refractivity (Wildman–Crippen MR) is 110 cm³/mol. The molecule has 3 aromatic heterocycles. The number of ether oxygens (including phenoxy) is 1. The Morgan fingerprint density at radius 3 is 2.69 bits per heavy atom. The molecule has 0 spiro atoms. The molecular formula is C22H18LiN5O4. The number of aryl methyl sites for hydroxylation is 1. The van der Waals surface area contributed by atoms with E-state index in [1.165, 1.54) is 10.6 Å². The first-order valence-corrected chi connectivity index (χ1v) is 9.46. The third-order valence-corrected chi connectivity index (χ3v) is 4.53. The average Bonchev–Trinajstić information content (AvgIpc) is 3.16. The number of aromatic nitrogens is 4. The number of imidazole rings is 1. The number of pyridine rings is 1. The summed E-state index contributed by atoms with van der Waals surface area (Å²) in [6.07, 6.45) is 3.11. The molecule has 0 radical (unpaired) electrons. The minimum absolute atomic E-state index is 0. The van der Waals surface area contributed by atoms with E-state index in [1.54, 1.807) is 31.5 Å². The molecule has 0 aliphatic carbocycles. The van der Waals surface area contributed by atoms with E-state index in [2.05, 4.69) is 20.4 Å². The molecule has 0 bridgehead atoms. The average molecular weight is 423 g/mol. The summed E-state index contributed by atoms with van der Waals surface area (Å²) in [5, 5.41) is 18.3. The quantitative estimate of drug-likeness (QED) is 0.364. The molecular weight excluding hydrogens is 405 g/mol. The molecule has 1 aromatic carbocycles. The second-order valence-corrected chi connectivity index (χ2v) is 6.82. The molecule has 0 unspecified atom stereocenters. The summed E-state index contributed by atoms with van der Waals surface area (Å²) in [6, 6.07) is 14.4. The number of anilines is 1. The summed E-state index contributed by atoms with van der Waals surface area (Å²) in [4.78, 5) is 31.8. The number of hydrogen-bond acceptors (Lipinski definition) is 7. The first-order valence-electron chi connectivity index (χ1n) is 9.46. The van der Waals surface area contributed by atoms with Crippen LogP contribution in [0.3, 0.4) is 0 Å². The van der Waals surface area contributed by atoms with Crippen LogP contribution in [-0.2, 0) is 16.1 Å². The maximum absolute atomic E-state index is 12.1. The molecule has 1 N–H and O–H groups in total. The van der Waals surface area contributed by atoms with Gasteiger partial charge < -0.3 is 20.0 Å². The van der Waals surface area contributed by atoms with Gasteiger partial charge in [0.2, 0.25) is 0 Å². The van der Waals surface area contributed by atoms with Crippen molar-refractivity contribution in [1.29, 1.82) is 0 Å². The molecule has 0 saturated carbocycles. The van der Waals surface area contributed by atoms with Crippen molar-refractivity contribution in [2.24, 2.45) is 0 Å². The van der Waals surface area contributed by atoms with E-state index in [9.17, 15) is 14.7 Å². The van der Waals surface area contributed by atoms with Gasteiger partial charge in [0.1, 0.15) is 6.61 Å². The number of fused-ring (bicyclic) bond motifs is 1. The van der Waals surface area contributed by atoms with Gasteiger partial charge in [-0.1, -0.05) is 30.3 Å². The van der Waals surface area contributed by atoms with E-state index in [1.807, 2.05) is 30.3 Å². The molecule has 3 heterocycles. The van der Waals surface area contributed by atoms with Crippen LogP contribution in [0.25, 0.3) is 16.9 Å². The predicted octanol–water partition coefficient (Wildman–Crippen LogP) is -1.38. The normalized spacial score (nSPS) is 10.5. The van der Waals surface area contributed by atoms with Gasteiger partial charge in [-0.15, -0.1) is 0 Å². The van der Waals surface area contributed by atoms with Crippen LogP contribution in [0, 0.1) is 6.92 Å². The molecule has 0 saturated heterocycles. The number of amides is 1. The minimum Gasteiger partial charge on any atom is -0.545 e. The van der Waals surface area contributed by atoms with Crippen LogP contribution < -0.4 is 29.3 Å². The van der Waals surface area contributed by atoms with Crippen molar-refractivity contribution in [2.45, 2.75) is 13.5 Å². The number of carbonyl (C=O) groups excluding carboxylic acids is 2. The zero-order chi connectivity index (χ0) is 21.8. The summed E-state index contributed by atoms with van der Waals surface area (Å²) in [7, 11) is 0. The fraction of sp³-hybridized carbons (Fsp3) is 0.136. The Morgan fingerprint density at radius 1 is 1.16 bits per heavy atom. The van der Waals surface area contributed by atoms with E-state index >= 15 is 0 Å². The van der Waals surface area contributed by atoms with E-state index in [0.717, 1.165) is 5.56 Å². The van der Waals surface area contributed by atoms with Crippen LogP contribution in [0.15, 0.2) is 60.9 Å². The second kappa shape index (κ2) is 10.2. The van der Waals surface area contributed by atoms with Gasteiger partial charge in [-0.25, -0.2) is 9.50 Å². The SMILES string of the molecule is Cc1ncc(-c2ccc3nc(NC(=O)COCc4ccccc4)cn3n2)cc1C(=O)[O-].[Li+]. The van der Waals surface area contributed by atoms with Crippen molar-refractivity contribution in [1.82, 2.24) is 19.6 Å². The minimum atomic E-state index is -1.30. The Kier molecular flexibility index (Phi) is 7.38. The van der Waals surface area contributed by atoms with E-state index < -0.39 is 5.97 Å². The first kappa shape index (κ1) is 23.2. The number of rotatable bonds is 7. The standard InChI is InChI=1S/C22H19N5O4.Li/c1-14-17(22(29)30)9-16(10-23-14)18-7-8-20-24-19(11-27(20)26-18)25-21(28)13-31-12-15-5-3-2-4-6-15;/h2-11H,12-13H2,1H3,(H,25,28)(H,29,30);/q;+1/p-1. The number of aromatic carboxylic acids is 1. The van der Waals surface area contributed by atoms with Crippen LogP contribution >= 0.6 is 0 Å². The Bertz CT molecular complexity index is 1260. The summed E-state index contributed by atoms with van der Waals surface area (Å²) in [5.41, 5.74) is 2.90. The summed E-state index contributed by atoms with van der Waals surface area (Å²) in [6.45, 7) is 1.82. The summed E-state index contributed by atoms with van der Waals surface area (Å²) < 4.78 is 6.92. The van der Waals surface area contributed by atoms with E-state index in [-0.39, 0.29) is 36.9 Å². The topological polar surface area (TPSA) is 122 Å². The number of carboxylic acids is 1. The Morgan fingerprint density at radius 2 is 1.94 bits per heavy atom. The third-order valence-electron chi connectivity index (χ3n) is 4.53. The van der Waals surface area contributed by atoms with Crippen molar-refractivity contribution in [3.63, 3.8) is 0 Å². The van der Waals surface area contributed by atoms with Crippen LogP contribution in [-0.4, -0.2) is 38.1 Å². The van der Waals surface area contributed by atoms with Gasteiger partial charge in [0.15, 0.2) is 11.5 Å². The Labute approximate surface area is 195 Å². The fourth-order valence-corrected chi connectivity index (χ4v) is 2.99. The molecule has 0 aliphatic heterocycles. The molecule has 0 atom stereocenters. The van der Waals surface area contributed by atoms with Crippen LogP contribution in [0.2, 0.25) is 0 Å². The van der Waals surface area contributed by atoms with Gasteiger partial charge in [0, 0.05) is 23.0 Å². The molecule has 32 heavy (non-hydrogen) atoms. The van der Waals surface area contributed by atoms with Crippen molar-refractivity contribution < 1.29 is 38.3 Å². The number of carbonyl (C=O) groups is 2. The maximum Gasteiger partial charge on any atom is 1.00 e. The van der Waals surface area contributed by atoms with Gasteiger partial charge in [0.25, 0.3) is 5.91 Å². The number of nitrogens with zero attached hydrogens (tertiary/aromatic N) is 4. The van der Waals surface area contributed by atoms with Gasteiger partial charge in [-0.3, -0.25) is 9.78 Å². The van der Waals surface area contributed by atoms with Gasteiger partial charge >= 0.3 is 18.9 Å². The number of carboxylic acid groups (broad SMARTS) is 1. The first-order chi connectivity index (χ1) is 15.0. The molecule has 156 valence electrons. The van der Waals surface area contributed by atoms with E-state index in [4.69, 9.17) is 4.74 Å². The maximum atomic E-state index is 12.1. The fourth-order valence-electron chi connectivity index (χ4n) is 2.99. The van der Waals surface area contributed by atoms with Gasteiger partial charge in [-0.2, -0.15) is 5.10 Å². The van der Waals surface area contributed by atoms with Crippen molar-refractivity contribution in [2.75, 3.05) is 11.9 Å². The van der Waals surface area contributed by atoms with Crippen molar-refractivity contribution in [3.8, 4) is 11.3 Å². The van der Waals surface area contributed by atoms with Crippen molar-refractivity contribution >= 4 is 23.3 Å². The van der Waals surface area contributed by atoms with Gasteiger partial charge in [-0.05, 0) is 30.7 Å². The van der Waals surface area contributed by atoms with Gasteiger partial charge in [0.05, 0.1) is 24.5 Å². The third kappa shape index (κ3) is 5.39. The molecule has 1 amide bonds. The van der Waals surface area contributed by atoms with Crippen LogP contribution in [0.1, 0.15) is 21.6 Å². The molecule has 9 nitrogen and oxygen atoms in total. The van der Waals surface area contributed by atoms with Crippen LogP contribution in [0.5, 0.6) is 0 Å². The molecule has 0 fully saturated rings. The second-order valence-electron chi connectivity index (χ2n) is 6.82. The largest absolute Gasteiger partial charge is 1.00 e. The summed E-state index contributed by atoms with van der Waals surface area (Å²) in [5.74, 6) is -1.30. The molecule has 4 rings (SSSR count). The monoisotopic (exact) mass is 423 g/mol.